The molecule has 0 aromatic rings. The molecule has 0 aliphatic carbocycles. The predicted molar refractivity (Wildman–Crippen MR) is 155 cm³/mol. The highest BCUT2D eigenvalue weighted by Gasteiger charge is 2.42. The lowest BCUT2D eigenvalue weighted by Crippen LogP contribution is -2.49. The van der Waals surface area contributed by atoms with Gasteiger partial charge in [-0.25, -0.2) is 0 Å². The maximum absolute atomic E-state index is 10.2. The van der Waals surface area contributed by atoms with Gasteiger partial charge in [0.05, 0.1) is 25.4 Å². The van der Waals surface area contributed by atoms with Crippen molar-refractivity contribution in [1.82, 2.24) is 0 Å². The molecule has 0 amide bonds. The Hall–Kier alpha value is -1.83. The summed E-state index contributed by atoms with van der Waals surface area (Å²) in [5.74, 6) is 0.404. The quantitative estimate of drug-likeness (QED) is 0.0479. The van der Waals surface area contributed by atoms with Crippen molar-refractivity contribution in [3.63, 3.8) is 0 Å². The van der Waals surface area contributed by atoms with Gasteiger partial charge in [-0.2, -0.15) is 0 Å². The molecule has 0 aromatic carbocycles. The summed E-state index contributed by atoms with van der Waals surface area (Å²) in [5.41, 5.74) is 0. The summed E-state index contributed by atoms with van der Waals surface area (Å²) in [6.07, 6.45) is 23.7. The third-order valence-corrected chi connectivity index (χ3v) is 10.9. The average molecular weight is 519 g/mol. The Morgan fingerprint density at radius 3 is 1.75 bits per heavy atom. The molecular weight excluding hydrogens is 468 g/mol. The number of rotatable bonds is 18. The van der Waals surface area contributed by atoms with Gasteiger partial charge >= 0.3 is 0 Å². The molecule has 0 rings (SSSR count). The number of methoxy groups -OCH3 is 1. The van der Waals surface area contributed by atoms with Crippen LogP contribution in [0.3, 0.4) is 0 Å². The summed E-state index contributed by atoms with van der Waals surface area (Å²) in [5, 5.41) is 0.125. The van der Waals surface area contributed by atoms with Crippen LogP contribution in [0.15, 0.2) is 72.9 Å². The average Bonchev–Trinajstić information content (AvgIpc) is 2.81. The van der Waals surface area contributed by atoms with E-state index in [-0.39, 0.29) is 35.9 Å². The summed E-state index contributed by atoms with van der Waals surface area (Å²) in [4.78, 5) is 10.2. The van der Waals surface area contributed by atoms with Crippen molar-refractivity contribution in [3.8, 4) is 0 Å². The zero-order valence-electron chi connectivity index (χ0n) is 24.0. The lowest BCUT2D eigenvalue weighted by Gasteiger charge is -2.43. The largest absolute Gasteiger partial charge is 0.413 e. The van der Waals surface area contributed by atoms with Gasteiger partial charge in [0.2, 0.25) is 0 Å². The molecule has 0 saturated carbocycles. The number of carbonyl (C=O) groups is 1. The molecule has 0 spiro atoms. The Balaban J connectivity index is 5.17. The van der Waals surface area contributed by atoms with Crippen LogP contribution >= 0.6 is 0 Å². The topological polar surface area (TPSA) is 54.0 Å². The van der Waals surface area contributed by atoms with Crippen molar-refractivity contribution >= 4 is 14.6 Å². The molecule has 0 heterocycles. The van der Waals surface area contributed by atoms with Gasteiger partial charge in [-0.1, -0.05) is 101 Å². The minimum absolute atomic E-state index is 0.00796. The third kappa shape index (κ3) is 15.3. The molecule has 5 nitrogen and oxygen atoms in total. The monoisotopic (exact) mass is 518 g/mol. The third-order valence-electron chi connectivity index (χ3n) is 6.46. The molecule has 0 aliphatic rings. The standard InChI is InChI=1S/C30H50O5Si/c1-26(21-19-17-15-13-11-10-12-14-16-18-20-22-31)29(35-36(8,9)30(4,5)6)27(2)28(3)34-25-33-24-23-32-7/h10-22,26-29H,23-25H2,1-9H3/b12-10+,13-11+,16-14+,17-15+,20-18+,21-19+/t26-,27-,28-,29+/m0/s1. The highest BCUT2D eigenvalue weighted by Crippen LogP contribution is 2.39. The Bertz CT molecular complexity index is 756. The first-order valence-corrected chi connectivity index (χ1v) is 15.7. The Morgan fingerprint density at radius 1 is 0.778 bits per heavy atom. The number of hydrogen-bond acceptors (Lipinski definition) is 5. The van der Waals surface area contributed by atoms with Crippen molar-refractivity contribution in [2.75, 3.05) is 27.1 Å². The van der Waals surface area contributed by atoms with Gasteiger partial charge in [0, 0.05) is 13.0 Å². The number of allylic oxidation sites excluding steroid dienone is 11. The first-order valence-electron chi connectivity index (χ1n) is 12.8. The van der Waals surface area contributed by atoms with Crippen molar-refractivity contribution in [3.05, 3.63) is 72.9 Å². The summed E-state index contributed by atoms with van der Waals surface area (Å²) >= 11 is 0. The molecule has 6 heteroatoms. The zero-order chi connectivity index (χ0) is 27.5. The second kappa shape index (κ2) is 19.3. The first kappa shape index (κ1) is 34.2. The fraction of sp³-hybridized carbons (Fsp3) is 0.567. The van der Waals surface area contributed by atoms with Gasteiger partial charge < -0.3 is 18.6 Å². The van der Waals surface area contributed by atoms with Crippen molar-refractivity contribution in [1.29, 1.82) is 0 Å². The van der Waals surface area contributed by atoms with Crippen LogP contribution in [0.4, 0.5) is 0 Å². The van der Waals surface area contributed by atoms with Crippen molar-refractivity contribution < 1.29 is 23.4 Å². The van der Waals surface area contributed by atoms with E-state index in [2.05, 4.69) is 66.8 Å². The molecule has 0 fully saturated rings. The fourth-order valence-corrected chi connectivity index (χ4v) is 4.42. The van der Waals surface area contributed by atoms with E-state index >= 15 is 0 Å². The van der Waals surface area contributed by atoms with Gasteiger partial charge in [-0.15, -0.1) is 0 Å². The molecule has 0 bridgehead atoms. The second-order valence-corrected chi connectivity index (χ2v) is 15.2. The minimum atomic E-state index is -1.97. The van der Waals surface area contributed by atoms with Gasteiger partial charge in [0.25, 0.3) is 0 Å². The smallest absolute Gasteiger partial charge is 0.192 e. The number of carbonyl (C=O) groups excluding carboxylic acids is 1. The number of aldehydes is 1. The highest BCUT2D eigenvalue weighted by atomic mass is 28.4. The van der Waals surface area contributed by atoms with Gasteiger partial charge in [-0.05, 0) is 37.0 Å². The van der Waals surface area contributed by atoms with E-state index in [1.807, 2.05) is 48.6 Å². The van der Waals surface area contributed by atoms with E-state index in [9.17, 15) is 4.79 Å². The normalized spacial score (nSPS) is 17.4. The zero-order valence-corrected chi connectivity index (χ0v) is 25.0. The molecule has 36 heavy (non-hydrogen) atoms. The van der Waals surface area contributed by atoms with E-state index in [1.54, 1.807) is 13.2 Å². The van der Waals surface area contributed by atoms with Crippen LogP contribution in [0.2, 0.25) is 18.1 Å². The van der Waals surface area contributed by atoms with E-state index in [0.29, 0.717) is 13.2 Å². The molecule has 0 N–H and O–H groups in total. The molecular formula is C30H50O5Si. The molecule has 4 atom stereocenters. The lowest BCUT2D eigenvalue weighted by molar-refractivity contribution is -0.119. The predicted octanol–water partition coefficient (Wildman–Crippen LogP) is 7.21. The van der Waals surface area contributed by atoms with Gasteiger partial charge in [0.1, 0.15) is 13.1 Å². The van der Waals surface area contributed by atoms with Crippen molar-refractivity contribution in [2.45, 2.75) is 71.9 Å². The molecule has 0 aliphatic heterocycles. The van der Waals surface area contributed by atoms with E-state index in [4.69, 9.17) is 18.6 Å². The summed E-state index contributed by atoms with van der Waals surface area (Å²) in [7, 11) is -0.314. The SMILES string of the molecule is COCCOCO[C@@H](C)[C@H](C)[C@H](O[Si](C)(C)C(C)(C)C)[C@@H](C)/C=C/C=C/C=C/C=C/C=C/C=C/C=O. The molecule has 204 valence electrons. The number of hydrogen-bond donors (Lipinski definition) is 0. The molecule has 0 unspecified atom stereocenters. The minimum Gasteiger partial charge on any atom is -0.413 e. The van der Waals surface area contributed by atoms with Crippen LogP contribution in [0.25, 0.3) is 0 Å². The Kier molecular flexibility index (Phi) is 18.3. The van der Waals surface area contributed by atoms with Crippen LogP contribution < -0.4 is 0 Å². The first-order chi connectivity index (χ1) is 17.0. The number of ether oxygens (including phenoxy) is 3. The molecule has 0 aromatic heterocycles. The maximum Gasteiger partial charge on any atom is 0.192 e. The summed E-state index contributed by atoms with van der Waals surface area (Å²) in [6, 6.07) is 0. The van der Waals surface area contributed by atoms with E-state index in [1.165, 1.54) is 6.08 Å². The van der Waals surface area contributed by atoms with Gasteiger partial charge in [-0.3, -0.25) is 4.79 Å². The summed E-state index contributed by atoms with van der Waals surface area (Å²) in [6.45, 7) is 19.2. The fourth-order valence-electron chi connectivity index (χ4n) is 2.96. The highest BCUT2D eigenvalue weighted by molar-refractivity contribution is 6.74. The van der Waals surface area contributed by atoms with Crippen molar-refractivity contribution in [2.24, 2.45) is 11.8 Å². The lowest BCUT2D eigenvalue weighted by atomic mass is 9.89. The Labute approximate surface area is 221 Å². The van der Waals surface area contributed by atoms with Gasteiger partial charge in [0.15, 0.2) is 8.32 Å². The van der Waals surface area contributed by atoms with Crippen LogP contribution in [-0.4, -0.2) is 53.9 Å². The Morgan fingerprint density at radius 2 is 1.28 bits per heavy atom. The molecule has 0 radical (unpaired) electrons. The second-order valence-electron chi connectivity index (χ2n) is 10.4. The van der Waals surface area contributed by atoms with E-state index in [0.717, 1.165) is 6.29 Å². The van der Waals surface area contributed by atoms with Crippen LogP contribution in [-0.2, 0) is 23.4 Å². The molecule has 0 saturated heterocycles. The van der Waals surface area contributed by atoms with Crippen LogP contribution in [0.5, 0.6) is 0 Å². The van der Waals surface area contributed by atoms with E-state index < -0.39 is 8.32 Å². The van der Waals surface area contributed by atoms with Crippen LogP contribution in [0.1, 0.15) is 41.5 Å². The summed E-state index contributed by atoms with van der Waals surface area (Å²) < 4.78 is 23.4. The van der Waals surface area contributed by atoms with Crippen LogP contribution in [0, 0.1) is 11.8 Å². The maximum atomic E-state index is 10.2.